The fourth-order valence-corrected chi connectivity index (χ4v) is 2.97. The lowest BCUT2D eigenvalue weighted by molar-refractivity contribution is -0.132. The zero-order valence-corrected chi connectivity index (χ0v) is 8.52. The number of aliphatic hydroxyl groups is 1. The highest BCUT2D eigenvalue weighted by Gasteiger charge is 2.42. The molecule has 1 aromatic carbocycles. The summed E-state index contributed by atoms with van der Waals surface area (Å²) in [6, 6.07) is 8.15. The maximum Gasteiger partial charge on any atom is 0.146 e. The zero-order chi connectivity index (χ0) is 10.4. The molecule has 1 fully saturated rings. The minimum absolute atomic E-state index is 0.0587. The van der Waals surface area contributed by atoms with E-state index >= 15 is 0 Å². The van der Waals surface area contributed by atoms with Gasteiger partial charge in [0, 0.05) is 11.8 Å². The fraction of sp³-hybridized carbons (Fsp3) is 0.462. The average molecular weight is 202 g/mol. The van der Waals surface area contributed by atoms with Crippen LogP contribution in [0.2, 0.25) is 0 Å². The molecular formula is C13H14O2. The van der Waals surface area contributed by atoms with Crippen LogP contribution >= 0.6 is 0 Å². The zero-order valence-electron chi connectivity index (χ0n) is 8.52. The second-order valence-electron chi connectivity index (χ2n) is 4.61. The Morgan fingerprint density at radius 2 is 2.00 bits per heavy atom. The number of Topliss-reactive ketones (excluding diaryl/α,β-unsaturated/α-hetero) is 1. The van der Waals surface area contributed by atoms with Crippen molar-refractivity contribution in [2.45, 2.75) is 31.3 Å². The molecule has 2 aliphatic rings. The summed E-state index contributed by atoms with van der Waals surface area (Å²) in [4.78, 5) is 12.0. The molecule has 0 aromatic heterocycles. The van der Waals surface area contributed by atoms with E-state index in [2.05, 4.69) is 12.1 Å². The maximum absolute atomic E-state index is 12.0. The van der Waals surface area contributed by atoms with Crippen LogP contribution in [0.4, 0.5) is 0 Å². The molecule has 2 aliphatic carbocycles. The highest BCUT2D eigenvalue weighted by molar-refractivity contribution is 5.91. The molecule has 2 heteroatoms. The molecule has 0 saturated heterocycles. The quantitative estimate of drug-likeness (QED) is 0.694. The van der Waals surface area contributed by atoms with E-state index < -0.39 is 6.10 Å². The molecular weight excluding hydrogens is 188 g/mol. The Morgan fingerprint density at radius 3 is 2.87 bits per heavy atom. The Labute approximate surface area is 88.9 Å². The third-order valence-corrected chi connectivity index (χ3v) is 3.79. The molecule has 1 N–H and O–H groups in total. The summed E-state index contributed by atoms with van der Waals surface area (Å²) in [6.07, 6.45) is 1.90. The Balaban J connectivity index is 2.10. The molecule has 0 aliphatic heterocycles. The molecule has 0 radical (unpaired) electrons. The van der Waals surface area contributed by atoms with Gasteiger partial charge in [-0.1, -0.05) is 24.3 Å². The van der Waals surface area contributed by atoms with Crippen molar-refractivity contribution in [3.05, 3.63) is 35.4 Å². The Bertz CT molecular complexity index is 411. The fourth-order valence-electron chi connectivity index (χ4n) is 2.97. The van der Waals surface area contributed by atoms with E-state index in [0.29, 0.717) is 0 Å². The molecule has 2 nitrogen and oxygen atoms in total. The minimum atomic E-state index is -0.415. The number of benzene rings is 1. The van der Waals surface area contributed by atoms with Gasteiger partial charge in [0.2, 0.25) is 0 Å². The first-order valence-electron chi connectivity index (χ1n) is 5.57. The van der Waals surface area contributed by atoms with E-state index in [1.807, 2.05) is 12.1 Å². The van der Waals surface area contributed by atoms with Crippen LogP contribution in [0.3, 0.4) is 0 Å². The average Bonchev–Trinajstić information content (AvgIpc) is 2.24. The molecule has 0 amide bonds. The second kappa shape index (κ2) is 3.17. The van der Waals surface area contributed by atoms with Crippen LogP contribution in [0, 0.1) is 5.92 Å². The molecule has 3 rings (SSSR count). The Hall–Kier alpha value is -1.15. The number of carbonyl (C=O) groups excluding carboxylic acids is 1. The highest BCUT2D eigenvalue weighted by Crippen LogP contribution is 2.41. The number of hydrogen-bond donors (Lipinski definition) is 1. The third kappa shape index (κ3) is 1.25. The topological polar surface area (TPSA) is 37.3 Å². The third-order valence-electron chi connectivity index (χ3n) is 3.79. The molecule has 1 aromatic rings. The number of rotatable bonds is 0. The lowest BCUT2D eigenvalue weighted by Gasteiger charge is -2.37. The lowest BCUT2D eigenvalue weighted by atomic mass is 9.67. The summed E-state index contributed by atoms with van der Waals surface area (Å²) in [5.41, 5.74) is 2.46. The van der Waals surface area contributed by atoms with Crippen molar-refractivity contribution in [1.29, 1.82) is 0 Å². The van der Waals surface area contributed by atoms with Crippen molar-refractivity contribution in [1.82, 2.24) is 0 Å². The van der Waals surface area contributed by atoms with Crippen LogP contribution in [0.1, 0.15) is 29.9 Å². The van der Waals surface area contributed by atoms with E-state index in [0.717, 1.165) is 19.3 Å². The van der Waals surface area contributed by atoms with E-state index in [1.165, 1.54) is 11.1 Å². The van der Waals surface area contributed by atoms with Crippen LogP contribution in [-0.2, 0) is 11.2 Å². The van der Waals surface area contributed by atoms with E-state index in [1.54, 1.807) is 0 Å². The summed E-state index contributed by atoms with van der Waals surface area (Å²) >= 11 is 0. The molecule has 78 valence electrons. The lowest BCUT2D eigenvalue weighted by Crippen LogP contribution is -2.42. The molecule has 2 bridgehead atoms. The minimum Gasteiger partial charge on any atom is -0.392 e. The SMILES string of the molecule is O=C1[C@H]2CC[C@@H](O)[C@H]1Cc1ccccc12. The molecule has 1 saturated carbocycles. The van der Waals surface area contributed by atoms with E-state index in [-0.39, 0.29) is 17.6 Å². The van der Waals surface area contributed by atoms with Gasteiger partial charge in [-0.2, -0.15) is 0 Å². The van der Waals surface area contributed by atoms with Gasteiger partial charge >= 0.3 is 0 Å². The predicted octanol–water partition coefficient (Wildman–Crippen LogP) is 1.67. The highest BCUT2D eigenvalue weighted by atomic mass is 16.3. The summed E-state index contributed by atoms with van der Waals surface area (Å²) in [6.45, 7) is 0. The molecule has 0 unspecified atom stereocenters. The van der Waals surface area contributed by atoms with Gasteiger partial charge in [0.15, 0.2) is 0 Å². The Morgan fingerprint density at radius 1 is 1.20 bits per heavy atom. The molecule has 3 atom stereocenters. The van der Waals surface area contributed by atoms with Gasteiger partial charge in [0.25, 0.3) is 0 Å². The number of ketones is 1. The van der Waals surface area contributed by atoms with Gasteiger partial charge in [-0.05, 0) is 30.4 Å². The van der Waals surface area contributed by atoms with Crippen LogP contribution in [0.25, 0.3) is 0 Å². The summed E-state index contributed by atoms with van der Waals surface area (Å²) in [5.74, 6) is 0.175. The smallest absolute Gasteiger partial charge is 0.146 e. The van der Waals surface area contributed by atoms with Crippen molar-refractivity contribution in [2.75, 3.05) is 0 Å². The predicted molar refractivity (Wildman–Crippen MR) is 56.6 cm³/mol. The van der Waals surface area contributed by atoms with Gasteiger partial charge in [-0.3, -0.25) is 4.79 Å². The molecule has 0 spiro atoms. The van der Waals surface area contributed by atoms with E-state index in [9.17, 15) is 9.90 Å². The first kappa shape index (κ1) is 9.10. The largest absolute Gasteiger partial charge is 0.392 e. The van der Waals surface area contributed by atoms with E-state index in [4.69, 9.17) is 0 Å². The van der Waals surface area contributed by atoms with Gasteiger partial charge in [0.05, 0.1) is 6.10 Å². The monoisotopic (exact) mass is 202 g/mol. The first-order valence-corrected chi connectivity index (χ1v) is 5.57. The number of carbonyl (C=O) groups is 1. The summed E-state index contributed by atoms with van der Waals surface area (Å²) < 4.78 is 0. The number of fused-ring (bicyclic) bond motifs is 4. The maximum atomic E-state index is 12.0. The summed E-state index contributed by atoms with van der Waals surface area (Å²) in [5, 5.41) is 9.80. The number of aliphatic hydroxyl groups excluding tert-OH is 1. The van der Waals surface area contributed by atoms with Gasteiger partial charge in [-0.25, -0.2) is 0 Å². The van der Waals surface area contributed by atoms with Crippen LogP contribution < -0.4 is 0 Å². The Kier molecular flexibility index (Phi) is 1.93. The standard InChI is InChI=1S/C13H14O2/c14-12-6-5-10-9-4-2-1-3-8(9)7-11(12)13(10)15/h1-4,10-12,14H,5-7H2/t10-,11+,12+/m0/s1. The first-order chi connectivity index (χ1) is 7.27. The van der Waals surface area contributed by atoms with Gasteiger partial charge < -0.3 is 5.11 Å². The van der Waals surface area contributed by atoms with Crippen molar-refractivity contribution >= 4 is 5.78 Å². The molecule has 15 heavy (non-hydrogen) atoms. The second-order valence-corrected chi connectivity index (χ2v) is 4.61. The van der Waals surface area contributed by atoms with Gasteiger partial charge in [-0.15, -0.1) is 0 Å². The van der Waals surface area contributed by atoms with Crippen LogP contribution in [0.15, 0.2) is 24.3 Å². The van der Waals surface area contributed by atoms with Crippen molar-refractivity contribution in [2.24, 2.45) is 5.92 Å². The molecule has 0 heterocycles. The van der Waals surface area contributed by atoms with Gasteiger partial charge in [0.1, 0.15) is 5.78 Å². The van der Waals surface area contributed by atoms with Crippen LogP contribution in [-0.4, -0.2) is 17.0 Å². The number of hydrogen-bond acceptors (Lipinski definition) is 2. The van der Waals surface area contributed by atoms with Crippen LogP contribution in [0.5, 0.6) is 0 Å². The summed E-state index contributed by atoms with van der Waals surface area (Å²) in [7, 11) is 0. The normalized spacial score (nSPS) is 33.7. The van der Waals surface area contributed by atoms with Crippen molar-refractivity contribution in [3.63, 3.8) is 0 Å². The van der Waals surface area contributed by atoms with Crippen molar-refractivity contribution in [3.8, 4) is 0 Å². The van der Waals surface area contributed by atoms with Crippen molar-refractivity contribution < 1.29 is 9.90 Å².